The summed E-state index contributed by atoms with van der Waals surface area (Å²) in [5.41, 5.74) is 3.21. The largest absolute Gasteiger partial charge is 0.497 e. The van der Waals surface area contributed by atoms with Gasteiger partial charge in [0.25, 0.3) is 0 Å². The molecule has 3 aromatic rings. The lowest BCUT2D eigenvalue weighted by atomic mass is 9.95. The third-order valence-corrected chi connectivity index (χ3v) is 5.71. The fourth-order valence-corrected chi connectivity index (χ4v) is 4.22. The molecule has 2 unspecified atom stereocenters. The third-order valence-electron chi connectivity index (χ3n) is 5.71. The molecule has 2 aliphatic heterocycles. The van der Waals surface area contributed by atoms with Crippen LogP contribution in [0.2, 0.25) is 0 Å². The predicted octanol–water partition coefficient (Wildman–Crippen LogP) is 5.61. The van der Waals surface area contributed by atoms with E-state index in [2.05, 4.69) is 0 Å². The summed E-state index contributed by atoms with van der Waals surface area (Å²) < 4.78 is 45.1. The Morgan fingerprint density at radius 2 is 1.91 bits per heavy atom. The molecule has 0 fully saturated rings. The highest BCUT2D eigenvalue weighted by Gasteiger charge is 2.42. The van der Waals surface area contributed by atoms with Gasteiger partial charge in [-0.25, -0.2) is 13.8 Å². The predicted molar refractivity (Wildman–Crippen MR) is 116 cm³/mol. The Bertz CT molecular complexity index is 1200. The van der Waals surface area contributed by atoms with Crippen LogP contribution in [-0.2, 0) is 0 Å². The molecule has 0 N–H and O–H groups in total. The zero-order valence-corrected chi connectivity index (χ0v) is 17.7. The molecule has 32 heavy (non-hydrogen) atoms. The van der Waals surface area contributed by atoms with Crippen molar-refractivity contribution in [2.24, 2.45) is 5.10 Å². The number of halogens is 2. The van der Waals surface area contributed by atoms with E-state index in [0.29, 0.717) is 30.1 Å². The van der Waals surface area contributed by atoms with Crippen LogP contribution in [0.4, 0.5) is 8.78 Å². The Hall–Kier alpha value is -3.61. The Labute approximate surface area is 184 Å². The van der Waals surface area contributed by atoms with E-state index in [0.717, 1.165) is 34.7 Å². The average molecular weight is 436 g/mol. The summed E-state index contributed by atoms with van der Waals surface area (Å²) in [6.45, 7) is 2.39. The second-order valence-electron chi connectivity index (χ2n) is 7.63. The van der Waals surface area contributed by atoms with Gasteiger partial charge in [0, 0.05) is 23.1 Å². The lowest BCUT2D eigenvalue weighted by Crippen LogP contribution is -2.34. The Kier molecular flexibility index (Phi) is 5.17. The molecule has 0 saturated carbocycles. The number of hydrazone groups is 1. The molecule has 164 valence electrons. The number of rotatable bonds is 5. The highest BCUT2D eigenvalue weighted by Crippen LogP contribution is 2.50. The SMILES string of the molecule is CCOc1cccc2c1OC(c1ccc(F)c(F)c1)N1N=C(c3cccc(OC)c3)CC21. The Balaban J connectivity index is 1.61. The summed E-state index contributed by atoms with van der Waals surface area (Å²) in [6.07, 6.45) is -0.105. The number of fused-ring (bicyclic) bond motifs is 3. The van der Waals surface area contributed by atoms with Crippen molar-refractivity contribution in [2.75, 3.05) is 13.7 Å². The molecule has 0 saturated heterocycles. The van der Waals surface area contributed by atoms with E-state index in [1.807, 2.05) is 54.4 Å². The third kappa shape index (κ3) is 3.43. The van der Waals surface area contributed by atoms with Crippen LogP contribution in [0.3, 0.4) is 0 Å². The van der Waals surface area contributed by atoms with E-state index in [9.17, 15) is 8.78 Å². The molecule has 2 heterocycles. The van der Waals surface area contributed by atoms with Crippen molar-refractivity contribution in [1.29, 1.82) is 0 Å². The number of ether oxygens (including phenoxy) is 3. The molecule has 0 amide bonds. The van der Waals surface area contributed by atoms with Crippen molar-refractivity contribution in [3.05, 3.63) is 89.0 Å². The van der Waals surface area contributed by atoms with Gasteiger partial charge < -0.3 is 14.2 Å². The highest BCUT2D eigenvalue weighted by molar-refractivity contribution is 6.02. The maximum absolute atomic E-state index is 14.1. The summed E-state index contributed by atoms with van der Waals surface area (Å²) in [4.78, 5) is 0. The minimum Gasteiger partial charge on any atom is -0.497 e. The maximum atomic E-state index is 14.1. The van der Waals surface area contributed by atoms with E-state index in [-0.39, 0.29) is 6.04 Å². The minimum absolute atomic E-state index is 0.140. The van der Waals surface area contributed by atoms with Gasteiger partial charge >= 0.3 is 0 Å². The van der Waals surface area contributed by atoms with Gasteiger partial charge in [0.1, 0.15) is 5.75 Å². The fraction of sp³-hybridized carbons (Fsp3) is 0.240. The average Bonchev–Trinajstić information content (AvgIpc) is 3.27. The van der Waals surface area contributed by atoms with Gasteiger partial charge in [0.2, 0.25) is 6.23 Å². The summed E-state index contributed by atoms with van der Waals surface area (Å²) in [5.74, 6) is 0.128. The van der Waals surface area contributed by atoms with Gasteiger partial charge in [-0.2, -0.15) is 5.10 Å². The summed E-state index contributed by atoms with van der Waals surface area (Å²) in [7, 11) is 1.62. The monoisotopic (exact) mass is 436 g/mol. The molecule has 5 nitrogen and oxygen atoms in total. The van der Waals surface area contributed by atoms with Crippen molar-refractivity contribution in [3.63, 3.8) is 0 Å². The number of benzene rings is 3. The highest BCUT2D eigenvalue weighted by atomic mass is 19.2. The Morgan fingerprint density at radius 3 is 2.69 bits per heavy atom. The number of methoxy groups -OCH3 is 1. The van der Waals surface area contributed by atoms with E-state index < -0.39 is 17.9 Å². The molecular weight excluding hydrogens is 414 g/mol. The van der Waals surface area contributed by atoms with Gasteiger partial charge in [-0.05, 0) is 37.3 Å². The van der Waals surface area contributed by atoms with Gasteiger partial charge in [-0.15, -0.1) is 0 Å². The van der Waals surface area contributed by atoms with Crippen molar-refractivity contribution in [1.82, 2.24) is 5.01 Å². The normalized spacial score (nSPS) is 19.0. The quantitative estimate of drug-likeness (QED) is 0.521. The lowest BCUT2D eigenvalue weighted by Gasteiger charge is -2.38. The molecule has 0 aliphatic carbocycles. The molecule has 0 spiro atoms. The first-order valence-electron chi connectivity index (χ1n) is 10.5. The maximum Gasteiger partial charge on any atom is 0.214 e. The summed E-state index contributed by atoms with van der Waals surface area (Å²) in [6, 6.07) is 17.1. The minimum atomic E-state index is -0.928. The first kappa shape index (κ1) is 20.3. The van der Waals surface area contributed by atoms with E-state index in [1.165, 1.54) is 6.07 Å². The van der Waals surface area contributed by atoms with Crippen LogP contribution in [0, 0.1) is 11.6 Å². The van der Waals surface area contributed by atoms with Gasteiger partial charge in [0.05, 0.1) is 25.5 Å². The van der Waals surface area contributed by atoms with Crippen LogP contribution in [0.15, 0.2) is 65.8 Å². The fourth-order valence-electron chi connectivity index (χ4n) is 4.22. The number of hydrogen-bond acceptors (Lipinski definition) is 5. The molecule has 3 aromatic carbocycles. The molecule has 0 aromatic heterocycles. The smallest absolute Gasteiger partial charge is 0.214 e. The van der Waals surface area contributed by atoms with Crippen molar-refractivity contribution >= 4 is 5.71 Å². The van der Waals surface area contributed by atoms with Crippen LogP contribution >= 0.6 is 0 Å². The molecule has 7 heteroatoms. The van der Waals surface area contributed by atoms with Crippen LogP contribution in [0.5, 0.6) is 17.2 Å². The molecule has 2 atom stereocenters. The Morgan fingerprint density at radius 1 is 1.06 bits per heavy atom. The van der Waals surface area contributed by atoms with Crippen LogP contribution in [0.1, 0.15) is 42.3 Å². The standard InChI is InChI=1S/C25H22F2N2O3/c1-3-31-23-9-5-8-18-22-14-21(15-6-4-7-17(12-15)30-2)28-29(22)25(32-24(18)23)16-10-11-19(26)20(27)13-16/h4-13,22,25H,3,14H2,1-2H3. The van der Waals surface area contributed by atoms with Crippen LogP contribution in [-0.4, -0.2) is 24.4 Å². The molecule has 5 rings (SSSR count). The van der Waals surface area contributed by atoms with E-state index in [1.54, 1.807) is 7.11 Å². The van der Waals surface area contributed by atoms with Crippen molar-refractivity contribution in [2.45, 2.75) is 25.6 Å². The second kappa shape index (κ2) is 8.15. The van der Waals surface area contributed by atoms with E-state index >= 15 is 0 Å². The number of nitrogens with zero attached hydrogens (tertiary/aromatic N) is 2. The van der Waals surface area contributed by atoms with Gasteiger partial charge in [0.15, 0.2) is 23.1 Å². The number of para-hydroxylation sites is 1. The molecular formula is C25H22F2N2O3. The van der Waals surface area contributed by atoms with Crippen molar-refractivity contribution in [3.8, 4) is 17.2 Å². The first-order valence-corrected chi connectivity index (χ1v) is 10.5. The molecule has 0 bridgehead atoms. The van der Waals surface area contributed by atoms with Crippen LogP contribution < -0.4 is 14.2 Å². The zero-order chi connectivity index (χ0) is 22.2. The summed E-state index contributed by atoms with van der Waals surface area (Å²) >= 11 is 0. The summed E-state index contributed by atoms with van der Waals surface area (Å²) in [5, 5.41) is 6.67. The first-order chi connectivity index (χ1) is 15.6. The second-order valence-corrected chi connectivity index (χ2v) is 7.63. The molecule has 0 radical (unpaired) electrons. The van der Waals surface area contributed by atoms with E-state index in [4.69, 9.17) is 19.3 Å². The zero-order valence-electron chi connectivity index (χ0n) is 17.7. The number of hydrogen-bond donors (Lipinski definition) is 0. The molecule has 2 aliphatic rings. The van der Waals surface area contributed by atoms with Crippen LogP contribution in [0.25, 0.3) is 0 Å². The van der Waals surface area contributed by atoms with Gasteiger partial charge in [-0.3, -0.25) is 0 Å². The topological polar surface area (TPSA) is 43.3 Å². The van der Waals surface area contributed by atoms with Crippen molar-refractivity contribution < 1.29 is 23.0 Å². The van der Waals surface area contributed by atoms with Gasteiger partial charge in [-0.1, -0.05) is 30.3 Å². The lowest BCUT2D eigenvalue weighted by molar-refractivity contribution is -0.0214.